The molecule has 1 saturated heterocycles. The largest absolute Gasteiger partial charge is 0.480 e. The lowest BCUT2D eigenvalue weighted by atomic mass is 10.3. The van der Waals surface area contributed by atoms with Crippen molar-refractivity contribution in [2.24, 2.45) is 0 Å². The average Bonchev–Trinajstić information content (AvgIpc) is 2.60. The third-order valence-electron chi connectivity index (χ3n) is 2.18. The maximum absolute atomic E-state index is 11.8. The van der Waals surface area contributed by atoms with Crippen LogP contribution in [0, 0.1) is 0 Å². The molecule has 0 unspecified atom stereocenters. The van der Waals surface area contributed by atoms with Crippen LogP contribution >= 0.6 is 0 Å². The van der Waals surface area contributed by atoms with Gasteiger partial charge in [0.25, 0.3) is 0 Å². The molecule has 1 aliphatic heterocycles. The van der Waals surface area contributed by atoms with Gasteiger partial charge in [-0.15, -0.1) is 0 Å². The standard InChI is InChI=1S/C8H11N3O5S/c12-8(13)3-11-2-7(1-9-11)17(14,15)10-6-4-16-5-6/h1-2,6,10H,3-5H2,(H,12,13). The number of ether oxygens (including phenoxy) is 1. The van der Waals surface area contributed by atoms with Crippen LogP contribution in [0.3, 0.4) is 0 Å². The molecule has 1 aromatic heterocycles. The van der Waals surface area contributed by atoms with Crippen LogP contribution < -0.4 is 4.72 Å². The molecule has 2 rings (SSSR count). The summed E-state index contributed by atoms with van der Waals surface area (Å²) in [6.07, 6.45) is 2.29. The van der Waals surface area contributed by atoms with E-state index in [1.165, 1.54) is 6.20 Å². The lowest BCUT2D eigenvalue weighted by Gasteiger charge is -2.26. The molecule has 9 heteroatoms. The van der Waals surface area contributed by atoms with Gasteiger partial charge in [0.2, 0.25) is 10.0 Å². The van der Waals surface area contributed by atoms with E-state index in [1.807, 2.05) is 0 Å². The van der Waals surface area contributed by atoms with Crippen LogP contribution in [-0.2, 0) is 26.1 Å². The fourth-order valence-corrected chi connectivity index (χ4v) is 2.46. The van der Waals surface area contributed by atoms with Gasteiger partial charge in [-0.05, 0) is 0 Å². The molecule has 0 aromatic carbocycles. The molecule has 0 atom stereocenters. The Kier molecular flexibility index (Phi) is 3.13. The normalized spacial score (nSPS) is 16.7. The van der Waals surface area contributed by atoms with Crippen molar-refractivity contribution in [1.29, 1.82) is 0 Å². The molecule has 17 heavy (non-hydrogen) atoms. The van der Waals surface area contributed by atoms with Crippen molar-refractivity contribution >= 4 is 16.0 Å². The fourth-order valence-electron chi connectivity index (χ4n) is 1.30. The average molecular weight is 261 g/mol. The number of aliphatic carboxylic acids is 1. The molecule has 0 saturated carbocycles. The van der Waals surface area contributed by atoms with Gasteiger partial charge < -0.3 is 9.84 Å². The first-order valence-corrected chi connectivity index (χ1v) is 6.30. The molecule has 1 aromatic rings. The number of nitrogens with one attached hydrogen (secondary N) is 1. The Balaban J connectivity index is 2.09. The Labute approximate surface area is 97.2 Å². The molecule has 8 nitrogen and oxygen atoms in total. The topological polar surface area (TPSA) is 111 Å². The molecule has 0 aliphatic carbocycles. The van der Waals surface area contributed by atoms with Gasteiger partial charge in [-0.25, -0.2) is 13.1 Å². The minimum Gasteiger partial charge on any atom is -0.480 e. The highest BCUT2D eigenvalue weighted by molar-refractivity contribution is 7.89. The van der Waals surface area contributed by atoms with Crippen molar-refractivity contribution in [3.05, 3.63) is 12.4 Å². The maximum Gasteiger partial charge on any atom is 0.325 e. The lowest BCUT2D eigenvalue weighted by molar-refractivity contribution is -0.137. The second-order valence-corrected chi connectivity index (χ2v) is 5.34. The van der Waals surface area contributed by atoms with Crippen LogP contribution in [0.15, 0.2) is 17.3 Å². The van der Waals surface area contributed by atoms with Crippen LogP contribution in [0.4, 0.5) is 0 Å². The first-order chi connectivity index (χ1) is 7.97. The number of nitrogens with zero attached hydrogens (tertiary/aromatic N) is 2. The summed E-state index contributed by atoms with van der Waals surface area (Å²) in [7, 11) is -3.64. The molecular formula is C8H11N3O5S. The molecule has 0 spiro atoms. The molecule has 1 aliphatic rings. The Morgan fingerprint density at radius 3 is 2.88 bits per heavy atom. The molecule has 0 radical (unpaired) electrons. The highest BCUT2D eigenvalue weighted by Crippen LogP contribution is 2.10. The zero-order chi connectivity index (χ0) is 12.5. The minimum atomic E-state index is -3.64. The monoisotopic (exact) mass is 261 g/mol. The van der Waals surface area contributed by atoms with E-state index in [-0.39, 0.29) is 17.5 Å². The van der Waals surface area contributed by atoms with Gasteiger partial charge >= 0.3 is 5.97 Å². The number of carbonyl (C=O) groups is 1. The van der Waals surface area contributed by atoms with Crippen molar-refractivity contribution in [3.63, 3.8) is 0 Å². The van der Waals surface area contributed by atoms with Gasteiger partial charge in [-0.2, -0.15) is 5.10 Å². The molecular weight excluding hydrogens is 250 g/mol. The summed E-state index contributed by atoms with van der Waals surface area (Å²) in [6, 6.07) is -0.220. The van der Waals surface area contributed by atoms with Crippen molar-refractivity contribution < 1.29 is 23.1 Å². The number of carboxylic acids is 1. The predicted octanol–water partition coefficient (Wildman–Crippen LogP) is -1.36. The van der Waals surface area contributed by atoms with E-state index >= 15 is 0 Å². The van der Waals surface area contributed by atoms with Crippen LogP contribution in [0.5, 0.6) is 0 Å². The van der Waals surface area contributed by atoms with E-state index in [1.54, 1.807) is 0 Å². The van der Waals surface area contributed by atoms with E-state index < -0.39 is 16.0 Å². The number of hydrogen-bond acceptors (Lipinski definition) is 5. The third kappa shape index (κ3) is 2.81. The SMILES string of the molecule is O=C(O)Cn1cc(S(=O)(=O)NC2COC2)cn1. The molecule has 2 N–H and O–H groups in total. The quantitative estimate of drug-likeness (QED) is 0.677. The van der Waals surface area contributed by atoms with Gasteiger partial charge in [0.1, 0.15) is 11.4 Å². The van der Waals surface area contributed by atoms with E-state index in [9.17, 15) is 13.2 Å². The molecule has 2 heterocycles. The van der Waals surface area contributed by atoms with Crippen LogP contribution in [0.2, 0.25) is 0 Å². The lowest BCUT2D eigenvalue weighted by Crippen LogP contribution is -2.48. The smallest absolute Gasteiger partial charge is 0.325 e. The summed E-state index contributed by atoms with van der Waals surface area (Å²) < 4.78 is 31.9. The van der Waals surface area contributed by atoms with Gasteiger partial charge in [0.05, 0.1) is 25.5 Å². The predicted molar refractivity (Wildman–Crippen MR) is 54.8 cm³/mol. The minimum absolute atomic E-state index is 0.0503. The Hall–Kier alpha value is -1.45. The first-order valence-electron chi connectivity index (χ1n) is 4.82. The maximum atomic E-state index is 11.8. The third-order valence-corrected chi connectivity index (χ3v) is 3.65. The second-order valence-electron chi connectivity index (χ2n) is 3.62. The summed E-state index contributed by atoms with van der Waals surface area (Å²) in [5.41, 5.74) is 0. The number of rotatable bonds is 5. The van der Waals surface area contributed by atoms with Crippen LogP contribution in [0.1, 0.15) is 0 Å². The van der Waals surface area contributed by atoms with E-state index in [0.717, 1.165) is 10.9 Å². The number of hydrogen-bond donors (Lipinski definition) is 2. The van der Waals surface area contributed by atoms with Crippen molar-refractivity contribution in [2.75, 3.05) is 13.2 Å². The Bertz CT molecular complexity index is 519. The van der Waals surface area contributed by atoms with Crippen molar-refractivity contribution in [2.45, 2.75) is 17.5 Å². The number of aromatic nitrogens is 2. The number of sulfonamides is 1. The van der Waals surface area contributed by atoms with E-state index in [4.69, 9.17) is 9.84 Å². The van der Waals surface area contributed by atoms with Gasteiger partial charge in [0.15, 0.2) is 0 Å². The molecule has 94 valence electrons. The molecule has 0 bridgehead atoms. The van der Waals surface area contributed by atoms with Crippen molar-refractivity contribution in [1.82, 2.24) is 14.5 Å². The Morgan fingerprint density at radius 1 is 1.65 bits per heavy atom. The number of carboxylic acid groups (broad SMARTS) is 1. The summed E-state index contributed by atoms with van der Waals surface area (Å²) in [5, 5.41) is 12.2. The summed E-state index contributed by atoms with van der Waals surface area (Å²) >= 11 is 0. The fraction of sp³-hybridized carbons (Fsp3) is 0.500. The van der Waals surface area contributed by atoms with E-state index in [2.05, 4.69) is 9.82 Å². The zero-order valence-electron chi connectivity index (χ0n) is 8.74. The van der Waals surface area contributed by atoms with Crippen LogP contribution in [-0.4, -0.2) is 48.5 Å². The summed E-state index contributed by atoms with van der Waals surface area (Å²) in [4.78, 5) is 10.4. The highest BCUT2D eigenvalue weighted by Gasteiger charge is 2.26. The van der Waals surface area contributed by atoms with Gasteiger partial charge in [0, 0.05) is 6.20 Å². The molecule has 0 amide bonds. The van der Waals surface area contributed by atoms with E-state index in [0.29, 0.717) is 13.2 Å². The highest BCUT2D eigenvalue weighted by atomic mass is 32.2. The Morgan fingerprint density at radius 2 is 2.35 bits per heavy atom. The zero-order valence-corrected chi connectivity index (χ0v) is 9.55. The van der Waals surface area contributed by atoms with Crippen LogP contribution in [0.25, 0.3) is 0 Å². The van der Waals surface area contributed by atoms with Crippen molar-refractivity contribution in [3.8, 4) is 0 Å². The summed E-state index contributed by atoms with van der Waals surface area (Å²) in [6.45, 7) is 0.326. The van der Waals surface area contributed by atoms with Gasteiger partial charge in [-0.1, -0.05) is 0 Å². The second kappa shape index (κ2) is 4.43. The summed E-state index contributed by atoms with van der Waals surface area (Å²) in [5.74, 6) is -1.09. The van der Waals surface area contributed by atoms with Gasteiger partial charge in [-0.3, -0.25) is 9.48 Å². The first kappa shape index (κ1) is 12.0. The molecule has 1 fully saturated rings.